The molecule has 6 heteroatoms. The maximum atomic E-state index is 12.4. The first-order chi connectivity index (χ1) is 9.40. The van der Waals surface area contributed by atoms with Crippen molar-refractivity contribution in [2.24, 2.45) is 0 Å². The smallest absolute Gasteiger partial charge is 0.405 e. The minimum Gasteiger partial charge on any atom is -0.405 e. The van der Waals surface area contributed by atoms with Gasteiger partial charge in [-0.15, -0.1) is 24.8 Å². The van der Waals surface area contributed by atoms with Gasteiger partial charge in [0.05, 0.1) is 0 Å². The molecule has 0 saturated carbocycles. The monoisotopic (exact) mass is 320 g/mol. The van der Waals surface area contributed by atoms with E-state index in [1.54, 1.807) is 24.3 Å². The Kier molecular flexibility index (Phi) is 4.45. The number of rotatable bonds is 3. The van der Waals surface area contributed by atoms with Crippen molar-refractivity contribution in [1.82, 2.24) is 0 Å². The quantitative estimate of drug-likeness (QED) is 0.664. The van der Waals surface area contributed by atoms with Gasteiger partial charge in [0.1, 0.15) is 5.75 Å². The van der Waals surface area contributed by atoms with Crippen LogP contribution in [0.2, 0.25) is 5.02 Å². The SMILES string of the molecule is FC(F)(F)Oc1ccccc1-c1ccc(CCl)cc1Cl. The molecule has 0 N–H and O–H groups in total. The van der Waals surface area contributed by atoms with E-state index in [0.29, 0.717) is 10.6 Å². The molecule has 0 aliphatic rings. The highest BCUT2D eigenvalue weighted by Gasteiger charge is 2.32. The fourth-order valence-corrected chi connectivity index (χ4v) is 2.23. The fourth-order valence-electron chi connectivity index (χ4n) is 1.76. The summed E-state index contributed by atoms with van der Waals surface area (Å²) >= 11 is 11.8. The van der Waals surface area contributed by atoms with Crippen molar-refractivity contribution in [3.63, 3.8) is 0 Å². The summed E-state index contributed by atoms with van der Waals surface area (Å²) in [5.41, 5.74) is 1.52. The second kappa shape index (κ2) is 5.94. The molecule has 2 aromatic rings. The first kappa shape index (κ1) is 15.0. The minimum absolute atomic E-state index is 0.274. The van der Waals surface area contributed by atoms with Gasteiger partial charge in [0.25, 0.3) is 0 Å². The lowest BCUT2D eigenvalue weighted by Crippen LogP contribution is -2.17. The Bertz CT molecular complexity index is 612. The Balaban J connectivity index is 2.47. The maximum Gasteiger partial charge on any atom is 0.573 e. The molecule has 0 unspecified atom stereocenters. The van der Waals surface area contributed by atoms with Crippen LogP contribution in [0, 0.1) is 0 Å². The topological polar surface area (TPSA) is 9.23 Å². The van der Waals surface area contributed by atoms with Crippen molar-refractivity contribution < 1.29 is 17.9 Å². The van der Waals surface area contributed by atoms with E-state index in [9.17, 15) is 13.2 Å². The van der Waals surface area contributed by atoms with Crippen LogP contribution in [0.5, 0.6) is 5.75 Å². The predicted octanol–water partition coefficient (Wildman–Crippen LogP) is 5.64. The van der Waals surface area contributed by atoms with Gasteiger partial charge in [-0.2, -0.15) is 0 Å². The second-order valence-corrected chi connectivity index (χ2v) is 4.67. The van der Waals surface area contributed by atoms with E-state index in [1.807, 2.05) is 0 Å². The highest BCUT2D eigenvalue weighted by molar-refractivity contribution is 6.33. The van der Waals surface area contributed by atoms with Gasteiger partial charge in [-0.05, 0) is 17.7 Å². The van der Waals surface area contributed by atoms with Crippen LogP contribution in [0.1, 0.15) is 5.56 Å². The third-order valence-electron chi connectivity index (χ3n) is 2.59. The van der Waals surface area contributed by atoms with Gasteiger partial charge in [-0.25, -0.2) is 0 Å². The number of alkyl halides is 4. The van der Waals surface area contributed by atoms with Crippen molar-refractivity contribution >= 4 is 23.2 Å². The van der Waals surface area contributed by atoms with Crippen LogP contribution in [-0.4, -0.2) is 6.36 Å². The molecular weight excluding hydrogens is 312 g/mol. The predicted molar refractivity (Wildman–Crippen MR) is 73.1 cm³/mol. The molecular formula is C14H9Cl2F3O. The van der Waals surface area contributed by atoms with Crippen molar-refractivity contribution in [3.8, 4) is 16.9 Å². The van der Waals surface area contributed by atoms with Crippen LogP contribution in [-0.2, 0) is 5.88 Å². The van der Waals surface area contributed by atoms with Gasteiger partial charge >= 0.3 is 6.36 Å². The molecule has 0 radical (unpaired) electrons. The summed E-state index contributed by atoms with van der Waals surface area (Å²) in [6, 6.07) is 10.8. The molecule has 1 nitrogen and oxygen atoms in total. The third kappa shape index (κ3) is 3.58. The third-order valence-corrected chi connectivity index (χ3v) is 3.21. The zero-order valence-electron chi connectivity index (χ0n) is 10.0. The second-order valence-electron chi connectivity index (χ2n) is 3.99. The van der Waals surface area contributed by atoms with Gasteiger partial charge in [0.2, 0.25) is 0 Å². The highest BCUT2D eigenvalue weighted by Crippen LogP contribution is 2.37. The van der Waals surface area contributed by atoms with E-state index in [2.05, 4.69) is 4.74 Å². The molecule has 0 saturated heterocycles. The summed E-state index contributed by atoms with van der Waals surface area (Å²) in [4.78, 5) is 0. The van der Waals surface area contributed by atoms with Gasteiger partial charge in [-0.3, -0.25) is 0 Å². The molecule has 0 fully saturated rings. The summed E-state index contributed by atoms with van der Waals surface area (Å²) in [6.45, 7) is 0. The van der Waals surface area contributed by atoms with Crippen LogP contribution >= 0.6 is 23.2 Å². The van der Waals surface area contributed by atoms with Gasteiger partial charge in [0.15, 0.2) is 0 Å². The Labute approximate surface area is 123 Å². The number of benzene rings is 2. The number of para-hydroxylation sites is 1. The molecule has 0 bridgehead atoms. The summed E-state index contributed by atoms with van der Waals surface area (Å²) < 4.78 is 41.2. The molecule has 0 spiro atoms. The highest BCUT2D eigenvalue weighted by atomic mass is 35.5. The van der Waals surface area contributed by atoms with Crippen molar-refractivity contribution in [3.05, 3.63) is 53.1 Å². The Morgan fingerprint density at radius 1 is 1.00 bits per heavy atom. The van der Waals surface area contributed by atoms with Crippen molar-refractivity contribution in [2.45, 2.75) is 12.2 Å². The molecule has 0 atom stereocenters. The maximum absolute atomic E-state index is 12.4. The van der Waals surface area contributed by atoms with Gasteiger partial charge < -0.3 is 4.74 Å². The average Bonchev–Trinajstić information content (AvgIpc) is 2.38. The van der Waals surface area contributed by atoms with E-state index in [-0.39, 0.29) is 17.2 Å². The minimum atomic E-state index is -4.75. The van der Waals surface area contributed by atoms with Crippen LogP contribution in [0.4, 0.5) is 13.2 Å². The van der Waals surface area contributed by atoms with Crippen LogP contribution in [0.15, 0.2) is 42.5 Å². The lowest BCUT2D eigenvalue weighted by atomic mass is 10.0. The van der Waals surface area contributed by atoms with Crippen molar-refractivity contribution in [2.75, 3.05) is 0 Å². The molecule has 0 aromatic heterocycles. The number of halogens is 5. The van der Waals surface area contributed by atoms with E-state index in [4.69, 9.17) is 23.2 Å². The van der Waals surface area contributed by atoms with E-state index in [0.717, 1.165) is 5.56 Å². The fraction of sp³-hybridized carbons (Fsp3) is 0.143. The summed E-state index contributed by atoms with van der Waals surface area (Å²) in [7, 11) is 0. The molecule has 20 heavy (non-hydrogen) atoms. The number of ether oxygens (including phenoxy) is 1. The van der Waals surface area contributed by atoms with Crippen molar-refractivity contribution in [1.29, 1.82) is 0 Å². The molecule has 106 valence electrons. The lowest BCUT2D eigenvalue weighted by Gasteiger charge is -2.14. The zero-order valence-corrected chi connectivity index (χ0v) is 11.6. The van der Waals surface area contributed by atoms with Crippen LogP contribution in [0.3, 0.4) is 0 Å². The zero-order chi connectivity index (χ0) is 14.8. The van der Waals surface area contributed by atoms with Gasteiger partial charge in [0, 0.05) is 22.0 Å². The molecule has 2 rings (SSSR count). The standard InChI is InChI=1S/C14H9Cl2F3O/c15-8-9-5-6-10(12(16)7-9)11-3-1-2-4-13(11)20-14(17,18)19/h1-7H,8H2. The number of hydrogen-bond donors (Lipinski definition) is 0. The van der Waals surface area contributed by atoms with E-state index in [1.165, 1.54) is 18.2 Å². The molecule has 0 amide bonds. The van der Waals surface area contributed by atoms with E-state index >= 15 is 0 Å². The van der Waals surface area contributed by atoms with Crippen LogP contribution < -0.4 is 4.74 Å². The Morgan fingerprint density at radius 3 is 2.30 bits per heavy atom. The van der Waals surface area contributed by atoms with E-state index < -0.39 is 6.36 Å². The largest absolute Gasteiger partial charge is 0.573 e. The molecule has 2 aromatic carbocycles. The number of hydrogen-bond acceptors (Lipinski definition) is 1. The Hall–Kier alpha value is -1.39. The normalized spacial score (nSPS) is 11.4. The van der Waals surface area contributed by atoms with Gasteiger partial charge in [-0.1, -0.05) is 41.9 Å². The van der Waals surface area contributed by atoms with Crippen LogP contribution in [0.25, 0.3) is 11.1 Å². The lowest BCUT2D eigenvalue weighted by molar-refractivity contribution is -0.274. The molecule has 0 heterocycles. The summed E-state index contributed by atoms with van der Waals surface area (Å²) in [5.74, 6) is -0.0127. The Morgan fingerprint density at radius 2 is 1.70 bits per heavy atom. The molecule has 0 aliphatic carbocycles. The average molecular weight is 321 g/mol. The molecule has 0 aliphatic heterocycles. The summed E-state index contributed by atoms with van der Waals surface area (Å²) in [5, 5.41) is 0.321. The summed E-state index contributed by atoms with van der Waals surface area (Å²) in [6.07, 6.45) is -4.75. The first-order valence-corrected chi connectivity index (χ1v) is 6.51. The first-order valence-electron chi connectivity index (χ1n) is 5.60.